The van der Waals surface area contributed by atoms with Crippen molar-refractivity contribution < 1.29 is 4.79 Å². The monoisotopic (exact) mass is 402 g/mol. The van der Waals surface area contributed by atoms with Crippen LogP contribution in [0.25, 0.3) is 10.2 Å². The summed E-state index contributed by atoms with van der Waals surface area (Å²) in [6.07, 6.45) is 9.61. The van der Waals surface area contributed by atoms with Gasteiger partial charge < -0.3 is 5.32 Å². The molecule has 0 amide bonds. The lowest BCUT2D eigenvalue weighted by molar-refractivity contribution is -0.123. The van der Waals surface area contributed by atoms with E-state index in [-0.39, 0.29) is 5.92 Å². The van der Waals surface area contributed by atoms with Gasteiger partial charge in [0.1, 0.15) is 22.8 Å². The van der Waals surface area contributed by atoms with E-state index < -0.39 is 0 Å². The third-order valence-electron chi connectivity index (χ3n) is 6.39. The Morgan fingerprint density at radius 2 is 2.14 bits per heavy atom. The van der Waals surface area contributed by atoms with Gasteiger partial charge in [0.15, 0.2) is 0 Å². The van der Waals surface area contributed by atoms with Gasteiger partial charge in [0.2, 0.25) is 0 Å². The second-order valence-electron chi connectivity index (χ2n) is 8.47. The van der Waals surface area contributed by atoms with Gasteiger partial charge in [-0.1, -0.05) is 6.07 Å². The number of thiophene rings is 1. The fraction of sp³-hybridized carbons (Fsp3) is 0.391. The molecular formula is C23H22N4OS. The number of aryl methyl sites for hydroxylation is 1. The predicted octanol–water partition coefficient (Wildman–Crippen LogP) is 4.84. The first-order valence-electron chi connectivity index (χ1n) is 10.4. The smallest absolute Gasteiger partial charge is 0.142 e. The van der Waals surface area contributed by atoms with Crippen LogP contribution in [0.4, 0.5) is 11.5 Å². The van der Waals surface area contributed by atoms with Crippen LogP contribution in [0.5, 0.6) is 0 Å². The summed E-state index contributed by atoms with van der Waals surface area (Å²) >= 11 is 1.74. The van der Waals surface area contributed by atoms with Gasteiger partial charge in [-0.2, -0.15) is 0 Å². The Morgan fingerprint density at radius 1 is 1.21 bits per heavy atom. The molecule has 3 heterocycles. The number of Topliss-reactive ketones (excluding diaryl/α,β-unsaturated/α-hetero) is 1. The first kappa shape index (κ1) is 17.3. The molecule has 1 saturated carbocycles. The molecule has 0 spiro atoms. The zero-order chi connectivity index (χ0) is 19.4. The van der Waals surface area contributed by atoms with Crippen molar-refractivity contribution in [1.29, 1.82) is 0 Å². The summed E-state index contributed by atoms with van der Waals surface area (Å²) in [6, 6.07) is 6.35. The molecule has 2 aromatic heterocycles. The van der Waals surface area contributed by atoms with Crippen LogP contribution in [-0.4, -0.2) is 22.0 Å². The van der Waals surface area contributed by atoms with E-state index in [0.717, 1.165) is 53.9 Å². The van der Waals surface area contributed by atoms with Crippen molar-refractivity contribution in [2.45, 2.75) is 45.1 Å². The van der Waals surface area contributed by atoms with Crippen LogP contribution in [0.3, 0.4) is 0 Å². The number of anilines is 2. The Labute approximate surface area is 173 Å². The van der Waals surface area contributed by atoms with Crippen LogP contribution < -0.4 is 5.32 Å². The Bertz CT molecular complexity index is 1160. The lowest BCUT2D eigenvalue weighted by Gasteiger charge is -2.21. The van der Waals surface area contributed by atoms with Gasteiger partial charge in [-0.05, 0) is 66.8 Å². The van der Waals surface area contributed by atoms with Crippen molar-refractivity contribution in [1.82, 2.24) is 9.97 Å². The number of aliphatic imine (C=N–C) groups is 1. The maximum atomic E-state index is 12.6. The van der Waals surface area contributed by atoms with Crippen molar-refractivity contribution in [3.8, 4) is 0 Å². The quantitative estimate of drug-likeness (QED) is 0.663. The van der Waals surface area contributed by atoms with E-state index in [1.54, 1.807) is 17.7 Å². The largest absolute Gasteiger partial charge is 0.340 e. The lowest BCUT2D eigenvalue weighted by Crippen LogP contribution is -2.22. The Morgan fingerprint density at radius 3 is 3.03 bits per heavy atom. The Balaban J connectivity index is 1.31. The molecule has 1 atom stereocenters. The summed E-state index contributed by atoms with van der Waals surface area (Å²) < 4.78 is 0. The summed E-state index contributed by atoms with van der Waals surface area (Å²) in [5.41, 5.74) is 4.79. The maximum Gasteiger partial charge on any atom is 0.142 e. The molecule has 1 aromatic carbocycles. The third kappa shape index (κ3) is 3.15. The predicted molar refractivity (Wildman–Crippen MR) is 116 cm³/mol. The highest BCUT2D eigenvalue weighted by atomic mass is 32.1. The summed E-state index contributed by atoms with van der Waals surface area (Å²) in [6.45, 7) is 0.770. The van der Waals surface area contributed by atoms with Crippen LogP contribution in [0, 0.1) is 11.8 Å². The molecule has 6 heteroatoms. The minimum Gasteiger partial charge on any atom is -0.340 e. The number of carbonyl (C=O) groups excluding carboxylic acids is 1. The molecule has 0 saturated heterocycles. The van der Waals surface area contributed by atoms with E-state index in [9.17, 15) is 4.79 Å². The van der Waals surface area contributed by atoms with Gasteiger partial charge in [-0.15, -0.1) is 11.3 Å². The van der Waals surface area contributed by atoms with Crippen LogP contribution in [0.15, 0.2) is 29.5 Å². The van der Waals surface area contributed by atoms with Crippen LogP contribution in [-0.2, 0) is 24.2 Å². The number of ketones is 1. The number of carbonyl (C=O) groups is 1. The zero-order valence-electron chi connectivity index (χ0n) is 16.1. The van der Waals surface area contributed by atoms with E-state index in [1.165, 1.54) is 34.4 Å². The summed E-state index contributed by atoms with van der Waals surface area (Å²) in [5.74, 6) is 2.20. The molecule has 1 N–H and O–H groups in total. The topological polar surface area (TPSA) is 67.2 Å². The molecule has 0 bridgehead atoms. The van der Waals surface area contributed by atoms with Crippen molar-refractivity contribution in [3.63, 3.8) is 0 Å². The lowest BCUT2D eigenvalue weighted by atomic mass is 9.83. The standard InChI is InChI=1S/C23H22N4OS/c28-19(7-13-1-2-13)14-4-6-18-20(9-14)29-23-21(18)22(25-12-26-23)27-17-5-3-15-10-24-11-16(15)8-17/h3,5,8,11-14H,1-2,4,6-7,9-10H2,(H,25,26,27). The van der Waals surface area contributed by atoms with E-state index in [2.05, 4.69) is 38.5 Å². The molecule has 0 radical (unpaired) electrons. The van der Waals surface area contributed by atoms with E-state index in [0.29, 0.717) is 11.7 Å². The number of aromatic nitrogens is 2. The molecule has 146 valence electrons. The molecule has 1 unspecified atom stereocenters. The molecule has 6 rings (SSSR count). The van der Waals surface area contributed by atoms with Crippen LogP contribution in [0.2, 0.25) is 0 Å². The van der Waals surface area contributed by atoms with Gasteiger partial charge in [-0.25, -0.2) is 9.97 Å². The number of benzene rings is 1. The first-order chi connectivity index (χ1) is 14.2. The molecule has 29 heavy (non-hydrogen) atoms. The number of nitrogens with one attached hydrogen (secondary N) is 1. The van der Waals surface area contributed by atoms with Crippen LogP contribution in [0.1, 0.15) is 47.3 Å². The van der Waals surface area contributed by atoms with E-state index in [1.807, 2.05) is 6.21 Å². The summed E-state index contributed by atoms with van der Waals surface area (Å²) in [4.78, 5) is 28.4. The molecule has 3 aliphatic rings. The van der Waals surface area contributed by atoms with Crippen molar-refractivity contribution >= 4 is 45.1 Å². The zero-order valence-corrected chi connectivity index (χ0v) is 17.0. The average molecular weight is 403 g/mol. The SMILES string of the molecule is O=C(CC1CC1)C1CCc2c(sc3ncnc(Nc4ccc5c(c4)C=NC5)c23)C1. The fourth-order valence-electron chi connectivity index (χ4n) is 4.57. The second kappa shape index (κ2) is 6.73. The highest BCUT2D eigenvalue weighted by Crippen LogP contribution is 2.42. The van der Waals surface area contributed by atoms with Crippen molar-refractivity contribution in [3.05, 3.63) is 46.1 Å². The highest BCUT2D eigenvalue weighted by Gasteiger charge is 2.32. The molecular weight excluding hydrogens is 380 g/mol. The van der Waals surface area contributed by atoms with Gasteiger partial charge in [-0.3, -0.25) is 9.79 Å². The maximum absolute atomic E-state index is 12.6. The first-order valence-corrected chi connectivity index (χ1v) is 11.2. The van der Waals surface area contributed by atoms with Crippen LogP contribution >= 0.6 is 11.3 Å². The van der Waals surface area contributed by atoms with Crippen molar-refractivity contribution in [2.24, 2.45) is 16.8 Å². The molecule has 3 aromatic rings. The average Bonchev–Trinajstić information content (AvgIpc) is 3.28. The number of hydrogen-bond donors (Lipinski definition) is 1. The number of rotatable bonds is 5. The normalized spacial score (nSPS) is 19.9. The van der Waals surface area contributed by atoms with Crippen molar-refractivity contribution in [2.75, 3.05) is 5.32 Å². The minimum absolute atomic E-state index is 0.191. The summed E-state index contributed by atoms with van der Waals surface area (Å²) in [7, 11) is 0. The Kier molecular flexibility index (Phi) is 4.01. The van der Waals surface area contributed by atoms with Gasteiger partial charge in [0, 0.05) is 29.1 Å². The fourth-order valence-corrected chi connectivity index (χ4v) is 5.84. The number of fused-ring (bicyclic) bond motifs is 4. The highest BCUT2D eigenvalue weighted by molar-refractivity contribution is 7.19. The van der Waals surface area contributed by atoms with E-state index in [4.69, 9.17) is 0 Å². The Hall–Kier alpha value is -2.60. The van der Waals surface area contributed by atoms with E-state index >= 15 is 0 Å². The van der Waals surface area contributed by atoms with Gasteiger partial charge in [0.05, 0.1) is 11.9 Å². The van der Waals surface area contributed by atoms with Gasteiger partial charge in [0.25, 0.3) is 0 Å². The molecule has 1 fully saturated rings. The molecule has 1 aliphatic heterocycles. The third-order valence-corrected chi connectivity index (χ3v) is 7.55. The van der Waals surface area contributed by atoms with Gasteiger partial charge >= 0.3 is 0 Å². The second-order valence-corrected chi connectivity index (χ2v) is 9.55. The molecule has 5 nitrogen and oxygen atoms in total. The minimum atomic E-state index is 0.191. The summed E-state index contributed by atoms with van der Waals surface area (Å²) in [5, 5.41) is 4.64. The number of hydrogen-bond acceptors (Lipinski definition) is 6. The molecule has 2 aliphatic carbocycles. The number of nitrogens with zero attached hydrogens (tertiary/aromatic N) is 3.